The fourth-order valence-corrected chi connectivity index (χ4v) is 9.08. The van der Waals surface area contributed by atoms with Crippen molar-refractivity contribution in [3.8, 4) is 101 Å². The third kappa shape index (κ3) is 8.01. The van der Waals surface area contributed by atoms with E-state index in [1.165, 1.54) is 22.3 Å². The molecular weight excluding hydrogens is 825 g/mol. The minimum atomic E-state index is 0.814. The van der Waals surface area contributed by atoms with Crippen LogP contribution in [0.25, 0.3) is 123 Å². The van der Waals surface area contributed by atoms with Crippen molar-refractivity contribution in [1.82, 2.24) is 19.9 Å². The van der Waals surface area contributed by atoms with Crippen LogP contribution in [0.2, 0.25) is 0 Å². The molecule has 0 amide bonds. The Morgan fingerprint density at radius 2 is 0.338 bits per heavy atom. The van der Waals surface area contributed by atoms with Crippen molar-refractivity contribution in [2.24, 2.45) is 0 Å². The third-order valence-corrected chi connectivity index (χ3v) is 12.7. The minimum absolute atomic E-state index is 0.814. The summed E-state index contributed by atoms with van der Waals surface area (Å²) in [5.41, 5.74) is 22.0. The monoisotopic (exact) mass is 866 g/mol. The van der Waals surface area contributed by atoms with E-state index in [4.69, 9.17) is 19.9 Å². The van der Waals surface area contributed by atoms with Crippen LogP contribution in [0.4, 0.5) is 0 Å². The molecule has 2 aromatic heterocycles. The van der Waals surface area contributed by atoms with E-state index in [0.717, 1.165) is 100 Å². The average molecular weight is 867 g/mol. The molecule has 0 saturated heterocycles. The van der Waals surface area contributed by atoms with Crippen molar-refractivity contribution < 1.29 is 0 Å². The molecule has 0 saturated carbocycles. The zero-order valence-electron chi connectivity index (χ0n) is 37.0. The number of aromatic nitrogens is 4. The summed E-state index contributed by atoms with van der Waals surface area (Å²) in [5.74, 6) is 0. The molecule has 12 rings (SSSR count). The molecule has 2 heterocycles. The van der Waals surface area contributed by atoms with Crippen LogP contribution in [0.1, 0.15) is 0 Å². The van der Waals surface area contributed by atoms with E-state index in [0.29, 0.717) is 0 Å². The lowest BCUT2D eigenvalue weighted by Crippen LogP contribution is -1.97. The molecule has 68 heavy (non-hydrogen) atoms. The fraction of sp³-hybridized carbons (Fsp3) is 0. The normalized spacial score (nSPS) is 11.2. The molecule has 0 aliphatic carbocycles. The first-order chi connectivity index (χ1) is 33.7. The Kier molecular flexibility index (Phi) is 10.5. The van der Waals surface area contributed by atoms with E-state index in [1.54, 1.807) is 0 Å². The highest BCUT2D eigenvalue weighted by Gasteiger charge is 2.18. The third-order valence-electron chi connectivity index (χ3n) is 12.7. The maximum absolute atomic E-state index is 5.42. The highest BCUT2D eigenvalue weighted by Crippen LogP contribution is 2.37. The van der Waals surface area contributed by atoms with E-state index < -0.39 is 0 Å². The van der Waals surface area contributed by atoms with Gasteiger partial charge in [-0.3, -0.25) is 0 Å². The molecule has 10 aromatic carbocycles. The quantitative estimate of drug-likeness (QED) is 0.145. The topological polar surface area (TPSA) is 51.6 Å². The summed E-state index contributed by atoms with van der Waals surface area (Å²) in [6.07, 6.45) is 0. The Bertz CT molecular complexity index is 3460. The van der Waals surface area contributed by atoms with Crippen molar-refractivity contribution in [2.45, 2.75) is 0 Å². The Labute approximate surface area is 395 Å². The Balaban J connectivity index is 0.948. The van der Waals surface area contributed by atoms with Gasteiger partial charge in [-0.25, -0.2) is 19.9 Å². The van der Waals surface area contributed by atoms with Crippen molar-refractivity contribution >= 4 is 22.1 Å². The van der Waals surface area contributed by atoms with Crippen LogP contribution < -0.4 is 0 Å². The molecule has 0 fully saturated rings. The van der Waals surface area contributed by atoms with Crippen LogP contribution in [0, 0.1) is 0 Å². The maximum atomic E-state index is 5.42. The summed E-state index contributed by atoms with van der Waals surface area (Å²) in [4.78, 5) is 21.5. The summed E-state index contributed by atoms with van der Waals surface area (Å²) in [7, 11) is 0. The van der Waals surface area contributed by atoms with Crippen molar-refractivity contribution in [3.05, 3.63) is 255 Å². The predicted molar refractivity (Wildman–Crippen MR) is 282 cm³/mol. The second-order valence-electron chi connectivity index (χ2n) is 17.0. The molecule has 12 aromatic rings. The largest absolute Gasteiger partial charge is 0.244 e. The molecule has 318 valence electrons. The second kappa shape index (κ2) is 17.7. The second-order valence-corrected chi connectivity index (χ2v) is 17.0. The summed E-state index contributed by atoms with van der Waals surface area (Å²) in [5, 5.41) is 0. The van der Waals surface area contributed by atoms with E-state index in [2.05, 4.69) is 231 Å². The number of nitrogens with zero attached hydrogens (tertiary/aromatic N) is 4. The highest BCUT2D eigenvalue weighted by molar-refractivity contribution is 5.93. The zero-order valence-corrected chi connectivity index (χ0v) is 37.0. The van der Waals surface area contributed by atoms with Crippen molar-refractivity contribution in [2.75, 3.05) is 0 Å². The van der Waals surface area contributed by atoms with Gasteiger partial charge in [0.25, 0.3) is 0 Å². The standard InChI is InChI=1S/C64H42N4/c1-5-13-43(14-6-1)47-21-29-51(30-22-47)61-63(53-33-25-49(26-34-53)45-17-9-3-10-18-45)67-59-41-55(37-39-57(59)65-61)56-38-40-58-60(42-56)68-64(54-35-27-50(28-36-54)46-19-11-4-12-20-46)62(66-58)52-31-23-48(24-32-52)44-15-7-2-8-16-44/h1-42H. The molecule has 0 bridgehead atoms. The minimum Gasteiger partial charge on any atom is -0.244 e. The van der Waals surface area contributed by atoms with Crippen LogP contribution >= 0.6 is 0 Å². The van der Waals surface area contributed by atoms with Crippen LogP contribution in [0.5, 0.6) is 0 Å². The summed E-state index contributed by atoms with van der Waals surface area (Å²) in [6.45, 7) is 0. The van der Waals surface area contributed by atoms with E-state index in [9.17, 15) is 0 Å². The van der Waals surface area contributed by atoms with E-state index in [1.807, 2.05) is 24.3 Å². The SMILES string of the molecule is c1ccc(-c2ccc(-c3nc4ccc(-c5ccc6nc(-c7ccc(-c8ccccc8)cc7)c(-c7ccc(-c8ccccc8)cc7)nc6c5)cc4nc3-c3ccc(-c4ccccc4)cc3)cc2)cc1. The van der Waals surface area contributed by atoms with Gasteiger partial charge in [-0.2, -0.15) is 0 Å². The van der Waals surface area contributed by atoms with Gasteiger partial charge in [0.05, 0.1) is 44.8 Å². The molecule has 4 heteroatoms. The summed E-state index contributed by atoms with van der Waals surface area (Å²) in [6, 6.07) is 89.2. The molecule has 0 aliphatic heterocycles. The average Bonchev–Trinajstić information content (AvgIpc) is 3.43. The Morgan fingerprint density at radius 3 is 0.588 bits per heavy atom. The molecule has 0 spiro atoms. The number of hydrogen-bond acceptors (Lipinski definition) is 4. The molecular formula is C64H42N4. The summed E-state index contributed by atoms with van der Waals surface area (Å²) >= 11 is 0. The molecule has 0 aliphatic rings. The van der Waals surface area contributed by atoms with Crippen LogP contribution in [0.15, 0.2) is 255 Å². The van der Waals surface area contributed by atoms with Crippen LogP contribution in [-0.4, -0.2) is 19.9 Å². The number of fused-ring (bicyclic) bond motifs is 2. The lowest BCUT2D eigenvalue weighted by atomic mass is 9.97. The van der Waals surface area contributed by atoms with Crippen LogP contribution in [-0.2, 0) is 0 Å². The first-order valence-electron chi connectivity index (χ1n) is 22.9. The van der Waals surface area contributed by atoms with E-state index >= 15 is 0 Å². The van der Waals surface area contributed by atoms with Crippen molar-refractivity contribution in [1.29, 1.82) is 0 Å². The highest BCUT2D eigenvalue weighted by atomic mass is 14.8. The van der Waals surface area contributed by atoms with Gasteiger partial charge < -0.3 is 0 Å². The van der Waals surface area contributed by atoms with Gasteiger partial charge in [0.1, 0.15) is 0 Å². The Hall–Kier alpha value is -9.12. The van der Waals surface area contributed by atoms with Crippen LogP contribution in [0.3, 0.4) is 0 Å². The fourth-order valence-electron chi connectivity index (χ4n) is 9.08. The molecule has 4 nitrogen and oxygen atoms in total. The smallest absolute Gasteiger partial charge is 0.0973 e. The van der Waals surface area contributed by atoms with Gasteiger partial charge in [-0.1, -0.05) is 231 Å². The number of benzene rings is 10. The van der Waals surface area contributed by atoms with Crippen molar-refractivity contribution in [3.63, 3.8) is 0 Å². The molecule has 0 N–H and O–H groups in total. The molecule has 0 unspecified atom stereocenters. The first kappa shape index (κ1) is 40.4. The lowest BCUT2D eigenvalue weighted by Gasteiger charge is -2.14. The van der Waals surface area contributed by atoms with Gasteiger partial charge in [-0.15, -0.1) is 0 Å². The zero-order chi connectivity index (χ0) is 45.2. The first-order valence-corrected chi connectivity index (χ1v) is 22.9. The van der Waals surface area contributed by atoms with E-state index in [-0.39, 0.29) is 0 Å². The predicted octanol–water partition coefficient (Wildman–Crippen LogP) is 16.6. The van der Waals surface area contributed by atoms with Gasteiger partial charge in [0, 0.05) is 22.3 Å². The lowest BCUT2D eigenvalue weighted by molar-refractivity contribution is 1.29. The number of hydrogen-bond donors (Lipinski definition) is 0. The van der Waals surface area contributed by atoms with Gasteiger partial charge in [0.15, 0.2) is 0 Å². The Morgan fingerprint density at radius 1 is 0.147 bits per heavy atom. The van der Waals surface area contributed by atoms with Gasteiger partial charge >= 0.3 is 0 Å². The van der Waals surface area contributed by atoms with Gasteiger partial charge in [-0.05, 0) is 79.9 Å². The molecule has 0 radical (unpaired) electrons. The summed E-state index contributed by atoms with van der Waals surface area (Å²) < 4.78 is 0. The maximum Gasteiger partial charge on any atom is 0.0973 e. The van der Waals surface area contributed by atoms with Gasteiger partial charge in [0.2, 0.25) is 0 Å². The number of rotatable bonds is 9. The molecule has 0 atom stereocenters.